The van der Waals surface area contributed by atoms with E-state index < -0.39 is 0 Å². The Bertz CT molecular complexity index is 1140. The maximum Gasteiger partial charge on any atom is 0.231 e. The Labute approximate surface area is 163 Å². The summed E-state index contributed by atoms with van der Waals surface area (Å²) in [6.45, 7) is 0.823. The molecular weight excluding hydrogens is 386 g/mol. The van der Waals surface area contributed by atoms with Crippen LogP contribution >= 0.6 is 22.9 Å². The topological polar surface area (TPSA) is 82.0 Å². The molecule has 27 heavy (non-hydrogen) atoms. The molecule has 3 aromatic heterocycles. The minimum absolute atomic E-state index is 0.258. The van der Waals surface area contributed by atoms with Crippen molar-refractivity contribution in [1.82, 2.24) is 19.9 Å². The summed E-state index contributed by atoms with van der Waals surface area (Å²) in [5, 5.41) is 4.24. The van der Waals surface area contributed by atoms with Gasteiger partial charge in [0.05, 0.1) is 15.9 Å². The quantitative estimate of drug-likeness (QED) is 0.554. The van der Waals surface area contributed by atoms with Crippen molar-refractivity contribution in [3.63, 3.8) is 0 Å². The number of benzene rings is 1. The molecule has 0 unspecified atom stereocenters. The van der Waals surface area contributed by atoms with Crippen LogP contribution in [0.2, 0.25) is 4.34 Å². The molecule has 0 atom stereocenters. The third kappa shape index (κ3) is 3.13. The predicted molar refractivity (Wildman–Crippen MR) is 103 cm³/mol. The summed E-state index contributed by atoms with van der Waals surface area (Å²) in [6, 6.07) is 7.71. The van der Waals surface area contributed by atoms with Gasteiger partial charge in [-0.15, -0.1) is 11.3 Å². The van der Waals surface area contributed by atoms with E-state index in [1.54, 1.807) is 18.6 Å². The van der Waals surface area contributed by atoms with Gasteiger partial charge in [0.2, 0.25) is 6.79 Å². The molecule has 5 rings (SSSR count). The Balaban J connectivity index is 1.50. The molecule has 0 saturated carbocycles. The van der Waals surface area contributed by atoms with Crippen LogP contribution in [-0.2, 0) is 6.54 Å². The molecule has 0 aliphatic carbocycles. The predicted octanol–water partition coefficient (Wildman–Crippen LogP) is 4.14. The van der Waals surface area contributed by atoms with Crippen LogP contribution in [0.3, 0.4) is 0 Å². The Hall–Kier alpha value is -2.97. The molecule has 4 aromatic rings. The highest BCUT2D eigenvalue weighted by Gasteiger charge is 2.15. The molecule has 0 radical (unpaired) electrons. The highest BCUT2D eigenvalue weighted by molar-refractivity contribution is 7.22. The third-order valence-corrected chi connectivity index (χ3v) is 5.21. The highest BCUT2D eigenvalue weighted by Crippen LogP contribution is 2.35. The van der Waals surface area contributed by atoms with Crippen molar-refractivity contribution in [2.75, 3.05) is 12.1 Å². The zero-order valence-electron chi connectivity index (χ0n) is 13.8. The molecule has 0 bridgehead atoms. The maximum absolute atomic E-state index is 6.20. The van der Waals surface area contributed by atoms with E-state index >= 15 is 0 Å². The first-order valence-electron chi connectivity index (χ1n) is 8.12. The fourth-order valence-electron chi connectivity index (χ4n) is 2.79. The third-order valence-electron chi connectivity index (χ3n) is 4.05. The Morgan fingerprint density at radius 2 is 2.04 bits per heavy atom. The van der Waals surface area contributed by atoms with E-state index in [1.165, 1.54) is 11.3 Å². The monoisotopic (exact) mass is 397 g/mol. The van der Waals surface area contributed by atoms with Crippen molar-refractivity contribution < 1.29 is 9.47 Å². The molecule has 1 aromatic carbocycles. The van der Waals surface area contributed by atoms with Crippen molar-refractivity contribution in [2.24, 2.45) is 0 Å². The van der Waals surface area contributed by atoms with Gasteiger partial charge in [-0.2, -0.15) is 0 Å². The number of rotatable bonds is 4. The second kappa shape index (κ2) is 6.64. The van der Waals surface area contributed by atoms with E-state index in [4.69, 9.17) is 21.1 Å². The van der Waals surface area contributed by atoms with Crippen molar-refractivity contribution >= 4 is 39.0 Å². The van der Waals surface area contributed by atoms with Gasteiger partial charge in [0, 0.05) is 18.9 Å². The van der Waals surface area contributed by atoms with Crippen molar-refractivity contribution in [3.8, 4) is 23.0 Å². The Morgan fingerprint density at radius 1 is 1.11 bits per heavy atom. The summed E-state index contributed by atoms with van der Waals surface area (Å²) in [5.41, 5.74) is 1.66. The zero-order chi connectivity index (χ0) is 18.2. The van der Waals surface area contributed by atoms with Crippen molar-refractivity contribution in [2.45, 2.75) is 6.54 Å². The lowest BCUT2D eigenvalue weighted by atomic mass is 10.2. The number of thiophene rings is 1. The number of hydrogen-bond acceptors (Lipinski definition) is 8. The summed E-state index contributed by atoms with van der Waals surface area (Å²) in [4.78, 5) is 18.4. The lowest BCUT2D eigenvalue weighted by molar-refractivity contribution is 0.174. The number of anilines is 1. The number of nitrogens with one attached hydrogen (secondary N) is 1. The summed E-state index contributed by atoms with van der Waals surface area (Å²) in [7, 11) is 0. The number of ether oxygens (including phenoxy) is 2. The molecule has 9 heteroatoms. The normalized spacial score (nSPS) is 12.5. The average Bonchev–Trinajstić information content (AvgIpc) is 3.31. The number of hydrogen-bond donors (Lipinski definition) is 1. The van der Waals surface area contributed by atoms with Crippen LogP contribution in [0, 0.1) is 0 Å². The molecule has 0 fully saturated rings. The van der Waals surface area contributed by atoms with Gasteiger partial charge >= 0.3 is 0 Å². The van der Waals surface area contributed by atoms with Gasteiger partial charge in [0.1, 0.15) is 16.3 Å². The number of aromatic nitrogens is 4. The second-order valence-corrected chi connectivity index (χ2v) is 7.46. The first-order chi connectivity index (χ1) is 13.3. The number of nitrogens with zero attached hydrogens (tertiary/aromatic N) is 4. The minimum atomic E-state index is 0.258. The van der Waals surface area contributed by atoms with Crippen LogP contribution in [0.1, 0.15) is 5.56 Å². The molecule has 1 N–H and O–H groups in total. The van der Waals surface area contributed by atoms with E-state index in [1.807, 2.05) is 24.3 Å². The van der Waals surface area contributed by atoms with E-state index in [0.717, 1.165) is 27.3 Å². The molecule has 1 aliphatic heterocycles. The zero-order valence-corrected chi connectivity index (χ0v) is 15.4. The smallest absolute Gasteiger partial charge is 0.231 e. The fraction of sp³-hybridized carbons (Fsp3) is 0.111. The van der Waals surface area contributed by atoms with E-state index in [0.29, 0.717) is 28.2 Å². The minimum Gasteiger partial charge on any atom is -0.454 e. The highest BCUT2D eigenvalue weighted by atomic mass is 35.5. The van der Waals surface area contributed by atoms with Crippen LogP contribution in [-0.4, -0.2) is 26.7 Å². The summed E-state index contributed by atoms with van der Waals surface area (Å²) < 4.78 is 11.4. The molecular formula is C18H12ClN5O2S. The van der Waals surface area contributed by atoms with Crippen LogP contribution in [0.5, 0.6) is 11.5 Å². The summed E-state index contributed by atoms with van der Waals surface area (Å²) in [6.07, 6.45) is 4.87. The molecule has 0 saturated heterocycles. The van der Waals surface area contributed by atoms with Gasteiger partial charge in [-0.25, -0.2) is 15.0 Å². The van der Waals surface area contributed by atoms with Gasteiger partial charge < -0.3 is 14.8 Å². The van der Waals surface area contributed by atoms with E-state index in [-0.39, 0.29) is 6.79 Å². The standard InChI is InChI=1S/C18H12ClN5O2S/c19-15-6-11-16(22-7-10-1-2-13-14(5-10)26-9-25-13)23-17(24-18(11)27-15)12-8-20-3-4-21-12/h1-6,8H,7,9H2,(H,22,23,24). The number of fused-ring (bicyclic) bond motifs is 2. The average molecular weight is 398 g/mol. The van der Waals surface area contributed by atoms with E-state index in [9.17, 15) is 0 Å². The Morgan fingerprint density at radius 3 is 2.93 bits per heavy atom. The molecule has 0 amide bonds. The Kier molecular flexibility index (Phi) is 3.99. The summed E-state index contributed by atoms with van der Waals surface area (Å²) in [5.74, 6) is 2.71. The molecule has 1 aliphatic rings. The van der Waals surface area contributed by atoms with Crippen molar-refractivity contribution in [1.29, 1.82) is 0 Å². The van der Waals surface area contributed by atoms with Crippen LogP contribution in [0.15, 0.2) is 42.9 Å². The van der Waals surface area contributed by atoms with Gasteiger partial charge in [0.25, 0.3) is 0 Å². The first-order valence-corrected chi connectivity index (χ1v) is 9.31. The van der Waals surface area contributed by atoms with E-state index in [2.05, 4.69) is 25.3 Å². The molecule has 7 nitrogen and oxygen atoms in total. The first kappa shape index (κ1) is 16.2. The van der Waals surface area contributed by atoms with Gasteiger partial charge in [-0.05, 0) is 23.8 Å². The SMILES string of the molecule is Clc1cc2c(NCc3ccc4c(c3)OCO4)nc(-c3cnccn3)nc2s1. The molecule has 134 valence electrons. The molecule has 4 heterocycles. The van der Waals surface area contributed by atoms with Crippen LogP contribution in [0.4, 0.5) is 5.82 Å². The van der Waals surface area contributed by atoms with Crippen LogP contribution in [0.25, 0.3) is 21.7 Å². The summed E-state index contributed by atoms with van der Waals surface area (Å²) >= 11 is 7.60. The fourth-order valence-corrected chi connectivity index (χ4v) is 3.88. The van der Waals surface area contributed by atoms with Gasteiger partial charge in [-0.1, -0.05) is 17.7 Å². The lowest BCUT2D eigenvalue weighted by Crippen LogP contribution is -2.04. The second-order valence-electron chi connectivity index (χ2n) is 5.80. The van der Waals surface area contributed by atoms with Gasteiger partial charge in [-0.3, -0.25) is 4.98 Å². The van der Waals surface area contributed by atoms with Crippen LogP contribution < -0.4 is 14.8 Å². The van der Waals surface area contributed by atoms with Gasteiger partial charge in [0.15, 0.2) is 17.3 Å². The van der Waals surface area contributed by atoms with Crippen molar-refractivity contribution in [3.05, 3.63) is 52.8 Å². The largest absolute Gasteiger partial charge is 0.454 e. The number of halogens is 1. The lowest BCUT2D eigenvalue weighted by Gasteiger charge is -2.09. The maximum atomic E-state index is 6.20. The molecule has 0 spiro atoms.